The van der Waals surface area contributed by atoms with Gasteiger partial charge in [-0.1, -0.05) is 0 Å². The number of sulfone groups is 1. The number of aliphatic hydroxyl groups excluding tert-OH is 1. The number of aryl methyl sites for hydroxylation is 1. The number of nitrogens with zero attached hydrogens (tertiary/aromatic N) is 3. The lowest BCUT2D eigenvalue weighted by atomic mass is 10.1. The largest absolute Gasteiger partial charge is 0.395 e. The third-order valence-corrected chi connectivity index (χ3v) is 9.97. The molecule has 212 valence electrons. The van der Waals surface area contributed by atoms with Gasteiger partial charge in [0.2, 0.25) is 0 Å². The van der Waals surface area contributed by atoms with Gasteiger partial charge in [0.1, 0.15) is 16.4 Å². The van der Waals surface area contributed by atoms with E-state index in [0.29, 0.717) is 66.8 Å². The Morgan fingerprint density at radius 3 is 2.58 bits per heavy atom. The van der Waals surface area contributed by atoms with Crippen molar-refractivity contribution in [2.75, 3.05) is 43.1 Å². The Balaban J connectivity index is 1.55. The third kappa shape index (κ3) is 5.38. The topological polar surface area (TPSA) is 134 Å². The Bertz CT molecular complexity index is 1510. The van der Waals surface area contributed by atoms with E-state index >= 15 is 0 Å². The molecule has 5 rings (SSSR count). The van der Waals surface area contributed by atoms with E-state index in [9.17, 15) is 17.6 Å². The maximum Gasteiger partial charge on any atom is 0.319 e. The third-order valence-electron chi connectivity index (χ3n) is 7.28. The molecule has 40 heavy (non-hydrogen) atoms. The fourth-order valence-corrected chi connectivity index (χ4v) is 7.13. The lowest BCUT2D eigenvalue weighted by Gasteiger charge is -2.34. The number of urea groups is 1. The normalized spacial score (nSPS) is 18.3. The molecule has 1 saturated heterocycles. The zero-order chi connectivity index (χ0) is 28.5. The number of carbonyl (C=O) groups is 1. The van der Waals surface area contributed by atoms with Crippen LogP contribution in [0.2, 0.25) is 0 Å². The molecule has 0 spiro atoms. The molecule has 1 aliphatic heterocycles. The Labute approximate surface area is 232 Å². The van der Waals surface area contributed by atoms with Crippen molar-refractivity contribution in [2.45, 2.75) is 42.4 Å². The van der Waals surface area contributed by atoms with Gasteiger partial charge in [0.05, 0.1) is 36.5 Å². The van der Waals surface area contributed by atoms with Crippen LogP contribution in [0, 0.1) is 12.7 Å². The number of ether oxygens (including phenoxy) is 1. The number of nitrogens with one attached hydrogen (secondary N) is 2. The number of carbonyl (C=O) groups excluding carboxylic acids is 1. The molecule has 2 fully saturated rings. The number of hydrogen-bond donors (Lipinski definition) is 3. The number of aliphatic hydroxyl groups is 1. The lowest BCUT2D eigenvalue weighted by molar-refractivity contribution is 0.0985. The van der Waals surface area contributed by atoms with Crippen LogP contribution < -0.4 is 15.5 Å². The highest BCUT2D eigenvalue weighted by molar-refractivity contribution is 7.92. The number of morpholine rings is 1. The van der Waals surface area contributed by atoms with Gasteiger partial charge in [-0.2, -0.15) is 0 Å². The first-order valence-corrected chi connectivity index (χ1v) is 14.6. The fraction of sp³-hybridized carbons (Fsp3) is 0.393. The number of aromatic nitrogens is 2. The average Bonchev–Trinajstić information content (AvgIpc) is 3.75. The van der Waals surface area contributed by atoms with Crippen LogP contribution in [0.25, 0.3) is 11.4 Å². The van der Waals surface area contributed by atoms with Crippen molar-refractivity contribution in [1.29, 1.82) is 0 Å². The van der Waals surface area contributed by atoms with Gasteiger partial charge in [0, 0.05) is 30.4 Å². The van der Waals surface area contributed by atoms with Crippen molar-refractivity contribution in [3.05, 3.63) is 65.6 Å². The molecule has 2 amide bonds. The van der Waals surface area contributed by atoms with Gasteiger partial charge in [-0.25, -0.2) is 27.6 Å². The van der Waals surface area contributed by atoms with Crippen LogP contribution in [0.3, 0.4) is 0 Å². The second kappa shape index (κ2) is 11.1. The van der Waals surface area contributed by atoms with Crippen molar-refractivity contribution in [1.82, 2.24) is 15.3 Å². The highest BCUT2D eigenvalue weighted by Crippen LogP contribution is 2.55. The minimum absolute atomic E-state index is 0.0273. The molecule has 12 heteroatoms. The van der Waals surface area contributed by atoms with Crippen molar-refractivity contribution >= 4 is 27.4 Å². The smallest absolute Gasteiger partial charge is 0.319 e. The molecule has 2 heterocycles. The van der Waals surface area contributed by atoms with Crippen molar-refractivity contribution in [3.63, 3.8) is 0 Å². The molecule has 1 atom stereocenters. The maximum atomic E-state index is 14.0. The maximum absolute atomic E-state index is 14.0. The van der Waals surface area contributed by atoms with Crippen LogP contribution in [0.15, 0.2) is 53.4 Å². The minimum atomic E-state index is -3.89. The van der Waals surface area contributed by atoms with Crippen molar-refractivity contribution < 1.29 is 27.4 Å². The first kappa shape index (κ1) is 27.9. The first-order chi connectivity index (χ1) is 19.1. The highest BCUT2D eigenvalue weighted by Gasteiger charge is 2.58. The number of anilines is 2. The summed E-state index contributed by atoms with van der Waals surface area (Å²) in [4.78, 5) is 23.7. The van der Waals surface area contributed by atoms with E-state index < -0.39 is 26.4 Å². The lowest BCUT2D eigenvalue weighted by Crippen LogP contribution is -2.44. The van der Waals surface area contributed by atoms with Gasteiger partial charge < -0.3 is 25.4 Å². The van der Waals surface area contributed by atoms with Crippen LogP contribution in [-0.2, 0) is 19.3 Å². The zero-order valence-corrected chi connectivity index (χ0v) is 23.2. The summed E-state index contributed by atoms with van der Waals surface area (Å²) >= 11 is 0. The van der Waals surface area contributed by atoms with Crippen LogP contribution in [-0.4, -0.2) is 68.5 Å². The van der Waals surface area contributed by atoms with Crippen molar-refractivity contribution in [3.8, 4) is 11.4 Å². The van der Waals surface area contributed by atoms with Gasteiger partial charge in [0.15, 0.2) is 15.7 Å². The summed E-state index contributed by atoms with van der Waals surface area (Å²) in [6.45, 7) is 5.23. The van der Waals surface area contributed by atoms with Crippen LogP contribution in [0.5, 0.6) is 0 Å². The SMILES string of the molecule is Cc1cc(F)ccc1S(=O)(=O)C1(c2cc(N3CCOC[C@@H]3C)nc(-c3ccc(NC(=O)NCCO)cc3)n2)CC1. The summed E-state index contributed by atoms with van der Waals surface area (Å²) in [5.41, 5.74) is 1.94. The molecule has 3 aromatic rings. The molecule has 10 nitrogen and oxygen atoms in total. The molecule has 0 bridgehead atoms. The van der Waals surface area contributed by atoms with Gasteiger partial charge in [-0.15, -0.1) is 0 Å². The molecule has 2 aliphatic rings. The summed E-state index contributed by atoms with van der Waals surface area (Å²) in [5.74, 6) is 0.483. The number of benzene rings is 2. The summed E-state index contributed by atoms with van der Waals surface area (Å²) < 4.78 is 46.1. The van der Waals surface area contributed by atoms with Crippen molar-refractivity contribution in [2.24, 2.45) is 0 Å². The van der Waals surface area contributed by atoms with E-state index in [1.165, 1.54) is 18.2 Å². The highest BCUT2D eigenvalue weighted by atomic mass is 32.2. The van der Waals surface area contributed by atoms with E-state index in [2.05, 4.69) is 15.5 Å². The van der Waals surface area contributed by atoms with E-state index in [0.717, 1.165) is 0 Å². The molecule has 1 saturated carbocycles. The number of hydrogen-bond acceptors (Lipinski definition) is 8. The molecule has 1 aromatic heterocycles. The molecule has 0 radical (unpaired) electrons. The van der Waals surface area contributed by atoms with Gasteiger partial charge in [0.25, 0.3) is 0 Å². The fourth-order valence-electron chi connectivity index (χ4n) is 4.96. The Kier molecular flexibility index (Phi) is 7.76. The Morgan fingerprint density at radius 2 is 1.93 bits per heavy atom. The number of rotatable bonds is 8. The summed E-state index contributed by atoms with van der Waals surface area (Å²) in [7, 11) is -3.89. The quantitative estimate of drug-likeness (QED) is 0.352. The predicted molar refractivity (Wildman–Crippen MR) is 148 cm³/mol. The standard InChI is InChI=1S/C28H32FN5O5S/c1-18-15-21(29)5-8-23(18)40(37,38)28(9-10-28)24-16-25(34-12-14-39-17-19(34)2)33-26(32-24)20-3-6-22(7-4-20)31-27(36)30-11-13-35/h3-8,15-16,19,35H,9-14,17H2,1-2H3,(H2,30,31,36)/t19-/m0/s1. The van der Waals surface area contributed by atoms with E-state index in [1.54, 1.807) is 37.3 Å². The van der Waals surface area contributed by atoms with E-state index in [-0.39, 0.29) is 24.1 Å². The minimum Gasteiger partial charge on any atom is -0.395 e. The summed E-state index contributed by atoms with van der Waals surface area (Å²) in [6.07, 6.45) is 0.791. The summed E-state index contributed by atoms with van der Waals surface area (Å²) in [6, 6.07) is 12.0. The molecular weight excluding hydrogens is 537 g/mol. The molecule has 2 aromatic carbocycles. The van der Waals surface area contributed by atoms with E-state index in [4.69, 9.17) is 19.8 Å². The summed E-state index contributed by atoms with van der Waals surface area (Å²) in [5, 5.41) is 14.1. The molecule has 3 N–H and O–H groups in total. The number of halogens is 1. The first-order valence-electron chi connectivity index (χ1n) is 13.2. The van der Waals surface area contributed by atoms with E-state index in [1.807, 2.05) is 6.92 Å². The predicted octanol–water partition coefficient (Wildman–Crippen LogP) is 3.39. The number of amides is 2. The molecule has 1 aliphatic carbocycles. The van der Waals surface area contributed by atoms with Gasteiger partial charge in [-0.3, -0.25) is 0 Å². The molecular formula is C28H32FN5O5S. The van der Waals surface area contributed by atoms with Gasteiger partial charge >= 0.3 is 6.03 Å². The second-order valence-corrected chi connectivity index (χ2v) is 12.4. The molecule has 0 unspecified atom stereocenters. The Hall–Kier alpha value is -3.61. The monoisotopic (exact) mass is 569 g/mol. The van der Waals surface area contributed by atoms with Gasteiger partial charge in [-0.05, 0) is 74.7 Å². The van der Waals surface area contributed by atoms with Crippen LogP contribution in [0.4, 0.5) is 20.7 Å². The van der Waals surface area contributed by atoms with Crippen LogP contribution >= 0.6 is 0 Å². The second-order valence-electron chi connectivity index (χ2n) is 10.1. The zero-order valence-electron chi connectivity index (χ0n) is 22.4. The average molecular weight is 570 g/mol. The van der Waals surface area contributed by atoms with Crippen LogP contribution in [0.1, 0.15) is 31.0 Å². The Morgan fingerprint density at radius 1 is 1.18 bits per heavy atom.